The largest absolute Gasteiger partial charge is 0.399 e. The molecule has 6 heteroatoms. The van der Waals surface area contributed by atoms with Gasteiger partial charge in [-0.3, -0.25) is 0 Å². The van der Waals surface area contributed by atoms with Gasteiger partial charge in [-0.2, -0.15) is 0 Å². The van der Waals surface area contributed by atoms with Gasteiger partial charge in [-0.05, 0) is 43.9 Å². The second kappa shape index (κ2) is 5.45. The number of hydrogen-bond donors (Lipinski definition) is 1. The Morgan fingerprint density at radius 1 is 1.29 bits per heavy atom. The van der Waals surface area contributed by atoms with Gasteiger partial charge in [0.15, 0.2) is 9.84 Å². The van der Waals surface area contributed by atoms with Crippen LogP contribution < -0.4 is 5.73 Å². The lowest BCUT2D eigenvalue weighted by Crippen LogP contribution is -2.42. The quantitative estimate of drug-likeness (QED) is 0.846. The second-order valence-corrected chi connectivity index (χ2v) is 8.69. The Labute approximate surface area is 130 Å². The Kier molecular flexibility index (Phi) is 3.93. The van der Waals surface area contributed by atoms with Crippen molar-refractivity contribution >= 4 is 27.1 Å². The van der Waals surface area contributed by atoms with Crippen molar-refractivity contribution in [1.82, 2.24) is 0 Å². The van der Waals surface area contributed by atoms with Crippen LogP contribution in [0.3, 0.4) is 0 Å². The number of benzene rings is 1. The van der Waals surface area contributed by atoms with Gasteiger partial charge >= 0.3 is 0 Å². The smallest absolute Gasteiger partial charge is 0.182 e. The van der Waals surface area contributed by atoms with Gasteiger partial charge < -0.3 is 10.5 Å². The molecule has 1 heterocycles. The standard InChI is InChI=1S/C15H20ClNO3S/c16-13-4-3-11(17)9-14(13)21(18,19)12-5-8-20-15(10-12)6-1-2-7-15/h3-4,9,12H,1-2,5-8,10,17H2. The Hall–Kier alpha value is -0.780. The third kappa shape index (κ3) is 2.79. The molecule has 0 amide bonds. The summed E-state index contributed by atoms with van der Waals surface area (Å²) in [4.78, 5) is 0.157. The van der Waals surface area contributed by atoms with Crippen LogP contribution in [0.4, 0.5) is 5.69 Å². The summed E-state index contributed by atoms with van der Waals surface area (Å²) in [6.45, 7) is 0.504. The van der Waals surface area contributed by atoms with E-state index >= 15 is 0 Å². The van der Waals surface area contributed by atoms with Crippen molar-refractivity contribution in [2.45, 2.75) is 54.3 Å². The van der Waals surface area contributed by atoms with Crippen LogP contribution in [0, 0.1) is 0 Å². The number of ether oxygens (including phenoxy) is 1. The van der Waals surface area contributed by atoms with Crippen LogP contribution in [0.25, 0.3) is 0 Å². The summed E-state index contributed by atoms with van der Waals surface area (Å²) in [6.07, 6.45) is 5.25. The molecule has 1 aromatic rings. The molecule has 2 N–H and O–H groups in total. The molecule has 1 atom stereocenters. The van der Waals surface area contributed by atoms with Crippen LogP contribution in [-0.4, -0.2) is 25.9 Å². The molecule has 0 aromatic heterocycles. The van der Waals surface area contributed by atoms with Gasteiger partial charge in [0.2, 0.25) is 0 Å². The van der Waals surface area contributed by atoms with Crippen molar-refractivity contribution in [2.24, 2.45) is 0 Å². The molecule has 3 rings (SSSR count). The van der Waals surface area contributed by atoms with E-state index in [1.807, 2.05) is 0 Å². The molecule has 1 spiro atoms. The van der Waals surface area contributed by atoms with Gasteiger partial charge in [-0.25, -0.2) is 8.42 Å². The maximum absolute atomic E-state index is 12.9. The van der Waals surface area contributed by atoms with Crippen molar-refractivity contribution in [1.29, 1.82) is 0 Å². The zero-order valence-electron chi connectivity index (χ0n) is 11.8. The topological polar surface area (TPSA) is 69.4 Å². The van der Waals surface area contributed by atoms with Gasteiger partial charge in [-0.1, -0.05) is 24.4 Å². The summed E-state index contributed by atoms with van der Waals surface area (Å²) in [5.41, 5.74) is 5.91. The molecule has 1 saturated heterocycles. The molecule has 1 aliphatic heterocycles. The molecular weight excluding hydrogens is 310 g/mol. The van der Waals surface area contributed by atoms with E-state index in [0.29, 0.717) is 25.1 Å². The third-order valence-corrected chi connectivity index (χ3v) is 7.34. The van der Waals surface area contributed by atoms with E-state index in [1.54, 1.807) is 12.1 Å². The Balaban J connectivity index is 1.92. The normalized spacial score (nSPS) is 25.3. The van der Waals surface area contributed by atoms with E-state index in [-0.39, 0.29) is 15.5 Å². The number of nitrogens with two attached hydrogens (primary N) is 1. The monoisotopic (exact) mass is 329 g/mol. The second-order valence-electron chi connectivity index (χ2n) is 6.09. The number of rotatable bonds is 2. The number of sulfone groups is 1. The SMILES string of the molecule is Nc1ccc(Cl)c(S(=O)(=O)C2CCOC3(CCCC3)C2)c1. The first-order valence-electron chi connectivity index (χ1n) is 7.36. The molecule has 0 bridgehead atoms. The minimum atomic E-state index is -3.47. The van der Waals surface area contributed by atoms with E-state index < -0.39 is 15.1 Å². The fourth-order valence-electron chi connectivity index (χ4n) is 3.53. The van der Waals surface area contributed by atoms with Crippen LogP contribution >= 0.6 is 11.6 Å². The van der Waals surface area contributed by atoms with E-state index in [4.69, 9.17) is 22.1 Å². The van der Waals surface area contributed by atoms with E-state index in [0.717, 1.165) is 25.7 Å². The number of halogens is 1. The molecule has 2 fully saturated rings. The van der Waals surface area contributed by atoms with Crippen LogP contribution in [0.5, 0.6) is 0 Å². The fraction of sp³-hybridized carbons (Fsp3) is 0.600. The minimum Gasteiger partial charge on any atom is -0.399 e. The summed E-state index contributed by atoms with van der Waals surface area (Å²) in [7, 11) is -3.47. The van der Waals surface area contributed by atoms with Crippen molar-refractivity contribution in [3.63, 3.8) is 0 Å². The minimum absolute atomic E-state index is 0.157. The zero-order chi connectivity index (χ0) is 15.1. The van der Waals surface area contributed by atoms with Crippen molar-refractivity contribution < 1.29 is 13.2 Å². The maximum atomic E-state index is 12.9. The average molecular weight is 330 g/mol. The molecule has 1 aliphatic carbocycles. The fourth-order valence-corrected chi connectivity index (χ4v) is 5.90. The number of anilines is 1. The summed E-state index contributed by atoms with van der Waals surface area (Å²) >= 11 is 6.09. The summed E-state index contributed by atoms with van der Waals surface area (Å²) < 4.78 is 31.7. The van der Waals surface area contributed by atoms with E-state index in [1.165, 1.54) is 6.07 Å². The molecule has 4 nitrogen and oxygen atoms in total. The molecule has 1 unspecified atom stereocenters. The van der Waals surface area contributed by atoms with Crippen molar-refractivity contribution in [2.75, 3.05) is 12.3 Å². The molecule has 2 aliphatic rings. The number of hydrogen-bond acceptors (Lipinski definition) is 4. The van der Waals surface area contributed by atoms with Crippen molar-refractivity contribution in [3.05, 3.63) is 23.2 Å². The Morgan fingerprint density at radius 2 is 2.00 bits per heavy atom. The lowest BCUT2D eigenvalue weighted by atomic mass is 9.92. The first kappa shape index (κ1) is 15.1. The predicted molar refractivity (Wildman–Crippen MR) is 83.2 cm³/mol. The highest BCUT2D eigenvalue weighted by atomic mass is 35.5. The molecule has 116 valence electrons. The molecular formula is C15H20ClNO3S. The molecule has 1 aromatic carbocycles. The lowest BCUT2D eigenvalue weighted by molar-refractivity contribution is -0.0713. The molecule has 21 heavy (non-hydrogen) atoms. The molecule has 1 saturated carbocycles. The first-order chi connectivity index (χ1) is 9.93. The maximum Gasteiger partial charge on any atom is 0.182 e. The van der Waals surface area contributed by atoms with Crippen LogP contribution in [-0.2, 0) is 14.6 Å². The van der Waals surface area contributed by atoms with Crippen molar-refractivity contribution in [3.8, 4) is 0 Å². The predicted octanol–water partition coefficient (Wildman–Crippen LogP) is 3.19. The molecule has 0 radical (unpaired) electrons. The summed E-state index contributed by atoms with van der Waals surface area (Å²) in [6, 6.07) is 4.63. The van der Waals surface area contributed by atoms with Gasteiger partial charge in [0.1, 0.15) is 0 Å². The van der Waals surface area contributed by atoms with E-state index in [2.05, 4.69) is 0 Å². The Bertz CT molecular complexity index is 638. The van der Waals surface area contributed by atoms with Gasteiger partial charge in [0.25, 0.3) is 0 Å². The number of nitrogen functional groups attached to an aromatic ring is 1. The highest BCUT2D eigenvalue weighted by molar-refractivity contribution is 7.92. The summed E-state index contributed by atoms with van der Waals surface area (Å²) in [5, 5.41) is -0.181. The Morgan fingerprint density at radius 3 is 2.71 bits per heavy atom. The van der Waals surface area contributed by atoms with Crippen LogP contribution in [0.15, 0.2) is 23.1 Å². The zero-order valence-corrected chi connectivity index (χ0v) is 13.4. The van der Waals surface area contributed by atoms with Gasteiger partial charge in [0, 0.05) is 12.3 Å². The average Bonchev–Trinajstić information content (AvgIpc) is 2.89. The van der Waals surface area contributed by atoms with Crippen LogP contribution in [0.1, 0.15) is 38.5 Å². The van der Waals surface area contributed by atoms with Gasteiger partial charge in [0.05, 0.1) is 20.8 Å². The first-order valence-corrected chi connectivity index (χ1v) is 9.28. The highest BCUT2D eigenvalue weighted by Gasteiger charge is 2.44. The van der Waals surface area contributed by atoms with Gasteiger partial charge in [-0.15, -0.1) is 0 Å². The van der Waals surface area contributed by atoms with E-state index in [9.17, 15) is 8.42 Å². The highest BCUT2D eigenvalue weighted by Crippen LogP contribution is 2.43. The summed E-state index contributed by atoms with van der Waals surface area (Å²) in [5.74, 6) is 0. The third-order valence-electron chi connectivity index (χ3n) is 4.66. The van der Waals surface area contributed by atoms with Crippen LogP contribution in [0.2, 0.25) is 5.02 Å². The lowest BCUT2D eigenvalue weighted by Gasteiger charge is -2.38.